The molecule has 3 heterocycles. The maximum absolute atomic E-state index is 13.3. The fraction of sp³-hybridized carbons (Fsp3) is 0.174. The van der Waals surface area contributed by atoms with Gasteiger partial charge in [0.05, 0.1) is 10.4 Å². The third-order valence-corrected chi connectivity index (χ3v) is 6.82. The van der Waals surface area contributed by atoms with Gasteiger partial charge in [-0.05, 0) is 41.6 Å². The molecule has 1 fully saturated rings. The van der Waals surface area contributed by atoms with Gasteiger partial charge in [-0.3, -0.25) is 14.6 Å². The fourth-order valence-corrected chi connectivity index (χ4v) is 5.44. The Balaban J connectivity index is 1.49. The summed E-state index contributed by atoms with van der Waals surface area (Å²) in [5.74, 6) is -0.289. The number of likely N-dealkylation sites (tertiary alicyclic amines) is 1. The smallest absolute Gasteiger partial charge is 0.259 e. The molecule has 2 aromatic carbocycles. The highest BCUT2D eigenvalue weighted by Gasteiger charge is 2.32. The van der Waals surface area contributed by atoms with Crippen LogP contribution in [0, 0.1) is 0 Å². The molecule has 6 heteroatoms. The number of primary amides is 1. The highest BCUT2D eigenvalue weighted by molar-refractivity contribution is 7.21. The maximum atomic E-state index is 13.3. The topological polar surface area (TPSA) is 76.3 Å². The number of hydrogen-bond acceptors (Lipinski definition) is 4. The van der Waals surface area contributed by atoms with Gasteiger partial charge in [-0.2, -0.15) is 0 Å². The number of benzene rings is 2. The first kappa shape index (κ1) is 17.8. The molecule has 2 aromatic heterocycles. The summed E-state index contributed by atoms with van der Waals surface area (Å²) in [4.78, 5) is 32.2. The van der Waals surface area contributed by atoms with Crippen LogP contribution in [0.25, 0.3) is 21.0 Å². The first-order valence-corrected chi connectivity index (χ1v) is 10.4. The van der Waals surface area contributed by atoms with Gasteiger partial charge in [-0.1, -0.05) is 30.3 Å². The van der Waals surface area contributed by atoms with Gasteiger partial charge in [0.2, 0.25) is 0 Å². The van der Waals surface area contributed by atoms with E-state index >= 15 is 0 Å². The number of fused-ring (bicyclic) bond motifs is 2. The van der Waals surface area contributed by atoms with Crippen LogP contribution in [0.5, 0.6) is 0 Å². The fourth-order valence-electron chi connectivity index (χ4n) is 4.29. The number of aromatic nitrogens is 1. The van der Waals surface area contributed by atoms with E-state index in [2.05, 4.69) is 4.98 Å². The summed E-state index contributed by atoms with van der Waals surface area (Å²) < 4.78 is 1.06. The van der Waals surface area contributed by atoms with Crippen molar-refractivity contribution in [3.8, 4) is 0 Å². The van der Waals surface area contributed by atoms with Crippen molar-refractivity contribution in [2.45, 2.75) is 12.3 Å². The Morgan fingerprint density at radius 1 is 1.03 bits per heavy atom. The molecule has 0 aliphatic carbocycles. The van der Waals surface area contributed by atoms with Crippen LogP contribution >= 0.6 is 11.3 Å². The van der Waals surface area contributed by atoms with Gasteiger partial charge in [0.25, 0.3) is 11.8 Å². The molecule has 4 aromatic rings. The van der Waals surface area contributed by atoms with Crippen molar-refractivity contribution in [3.05, 3.63) is 76.8 Å². The van der Waals surface area contributed by atoms with Crippen LogP contribution < -0.4 is 5.73 Å². The molecule has 0 spiro atoms. The van der Waals surface area contributed by atoms with Gasteiger partial charge in [0, 0.05) is 40.9 Å². The first-order chi connectivity index (χ1) is 14.1. The van der Waals surface area contributed by atoms with E-state index in [1.807, 2.05) is 59.5 Å². The highest BCUT2D eigenvalue weighted by Crippen LogP contribution is 2.40. The standard InChI is InChI=1S/C23H19N3O2S/c24-22(27)21-20(17-5-1-2-9-19(17)29-21)14-10-12-26(13-14)23(28)16-6-3-8-18-15(16)7-4-11-25-18/h1-9,11,14H,10,12-13H2,(H2,24,27)/t14-/m1/s1. The quantitative estimate of drug-likeness (QED) is 0.560. The molecule has 0 bridgehead atoms. The summed E-state index contributed by atoms with van der Waals surface area (Å²) in [5, 5.41) is 1.93. The second kappa shape index (κ2) is 6.97. The van der Waals surface area contributed by atoms with E-state index in [1.54, 1.807) is 6.20 Å². The molecule has 5 rings (SSSR count). The second-order valence-electron chi connectivity index (χ2n) is 7.32. The third-order valence-electron chi connectivity index (χ3n) is 5.62. The summed E-state index contributed by atoms with van der Waals surface area (Å²) in [6.45, 7) is 1.24. The van der Waals surface area contributed by atoms with Crippen LogP contribution in [0.2, 0.25) is 0 Å². The van der Waals surface area contributed by atoms with E-state index in [-0.39, 0.29) is 11.8 Å². The van der Waals surface area contributed by atoms with Gasteiger partial charge in [0.1, 0.15) is 0 Å². The molecule has 5 nitrogen and oxygen atoms in total. The number of hydrogen-bond donors (Lipinski definition) is 1. The average Bonchev–Trinajstić information content (AvgIpc) is 3.37. The molecular weight excluding hydrogens is 382 g/mol. The SMILES string of the molecule is NC(=O)c1sc2ccccc2c1[C@@H]1CCN(C(=O)c2cccc3ncccc23)C1. The molecule has 1 atom stereocenters. The zero-order valence-corrected chi connectivity index (χ0v) is 16.5. The molecule has 1 saturated heterocycles. The molecule has 2 amide bonds. The summed E-state index contributed by atoms with van der Waals surface area (Å²) >= 11 is 1.44. The molecule has 1 aliphatic heterocycles. The van der Waals surface area contributed by atoms with Gasteiger partial charge in [0.15, 0.2) is 0 Å². The Morgan fingerprint density at radius 2 is 1.86 bits per heavy atom. The van der Waals surface area contributed by atoms with Crippen molar-refractivity contribution in [1.29, 1.82) is 0 Å². The van der Waals surface area contributed by atoms with Crippen LogP contribution in [-0.2, 0) is 0 Å². The third kappa shape index (κ3) is 2.96. The predicted molar refractivity (Wildman–Crippen MR) is 115 cm³/mol. The van der Waals surface area contributed by atoms with Crippen molar-refractivity contribution in [2.75, 3.05) is 13.1 Å². The van der Waals surface area contributed by atoms with Crippen LogP contribution in [0.15, 0.2) is 60.8 Å². The summed E-state index contributed by atoms with van der Waals surface area (Å²) in [6.07, 6.45) is 2.55. The number of nitrogens with zero attached hydrogens (tertiary/aromatic N) is 2. The van der Waals surface area contributed by atoms with Crippen LogP contribution in [0.3, 0.4) is 0 Å². The van der Waals surface area contributed by atoms with Crippen molar-refractivity contribution in [1.82, 2.24) is 9.88 Å². The lowest BCUT2D eigenvalue weighted by Crippen LogP contribution is -2.28. The lowest BCUT2D eigenvalue weighted by atomic mass is 9.95. The molecule has 144 valence electrons. The number of thiophene rings is 1. The minimum Gasteiger partial charge on any atom is -0.365 e. The van der Waals surface area contributed by atoms with Crippen LogP contribution in [0.4, 0.5) is 0 Å². The van der Waals surface area contributed by atoms with Crippen molar-refractivity contribution >= 4 is 44.1 Å². The van der Waals surface area contributed by atoms with E-state index in [4.69, 9.17) is 5.73 Å². The van der Waals surface area contributed by atoms with E-state index < -0.39 is 5.91 Å². The van der Waals surface area contributed by atoms with Gasteiger partial charge in [-0.25, -0.2) is 0 Å². The van der Waals surface area contributed by atoms with Crippen LogP contribution in [-0.4, -0.2) is 34.8 Å². The molecular formula is C23H19N3O2S. The number of nitrogens with two attached hydrogens (primary N) is 1. The number of pyridine rings is 1. The normalized spacial score (nSPS) is 16.6. The molecule has 0 radical (unpaired) electrons. The second-order valence-corrected chi connectivity index (χ2v) is 8.37. The van der Waals surface area contributed by atoms with E-state index in [0.717, 1.165) is 33.0 Å². The van der Waals surface area contributed by atoms with E-state index in [0.29, 0.717) is 23.5 Å². The number of amides is 2. The van der Waals surface area contributed by atoms with Gasteiger partial charge >= 0.3 is 0 Å². The first-order valence-electron chi connectivity index (χ1n) is 9.57. The Hall–Kier alpha value is -3.25. The molecule has 0 unspecified atom stereocenters. The molecule has 2 N–H and O–H groups in total. The average molecular weight is 401 g/mol. The Labute approximate surface area is 171 Å². The lowest BCUT2D eigenvalue weighted by molar-refractivity contribution is 0.0792. The number of carbonyl (C=O) groups is 2. The highest BCUT2D eigenvalue weighted by atomic mass is 32.1. The molecule has 1 aliphatic rings. The van der Waals surface area contributed by atoms with E-state index in [1.165, 1.54) is 11.3 Å². The van der Waals surface area contributed by atoms with Crippen molar-refractivity contribution in [3.63, 3.8) is 0 Å². The van der Waals surface area contributed by atoms with Crippen molar-refractivity contribution < 1.29 is 9.59 Å². The molecule has 0 saturated carbocycles. The maximum Gasteiger partial charge on any atom is 0.259 e. The summed E-state index contributed by atoms with van der Waals surface area (Å²) in [5.41, 5.74) is 8.15. The number of carbonyl (C=O) groups excluding carboxylic acids is 2. The zero-order chi connectivity index (χ0) is 20.0. The zero-order valence-electron chi connectivity index (χ0n) is 15.7. The Morgan fingerprint density at radius 3 is 2.72 bits per heavy atom. The predicted octanol–water partition coefficient (Wildman–Crippen LogP) is 4.18. The van der Waals surface area contributed by atoms with Crippen molar-refractivity contribution in [2.24, 2.45) is 5.73 Å². The van der Waals surface area contributed by atoms with E-state index in [9.17, 15) is 9.59 Å². The number of rotatable bonds is 3. The lowest BCUT2D eigenvalue weighted by Gasteiger charge is -2.18. The van der Waals surface area contributed by atoms with Crippen LogP contribution in [0.1, 0.15) is 37.9 Å². The minimum atomic E-state index is -0.397. The molecule has 29 heavy (non-hydrogen) atoms. The summed E-state index contributed by atoms with van der Waals surface area (Å²) in [7, 11) is 0. The Bertz CT molecular complexity index is 1260. The monoisotopic (exact) mass is 401 g/mol. The minimum absolute atomic E-state index is 0.00580. The van der Waals surface area contributed by atoms with Gasteiger partial charge in [-0.15, -0.1) is 11.3 Å². The Kier molecular flexibility index (Phi) is 4.28. The summed E-state index contributed by atoms with van der Waals surface area (Å²) in [6, 6.07) is 17.4. The largest absolute Gasteiger partial charge is 0.365 e. The van der Waals surface area contributed by atoms with Gasteiger partial charge < -0.3 is 10.6 Å².